The lowest BCUT2D eigenvalue weighted by atomic mass is 10.1. The Morgan fingerprint density at radius 3 is 2.74 bits per heavy atom. The van der Waals surface area contributed by atoms with Gasteiger partial charge in [-0.15, -0.1) is 0 Å². The first kappa shape index (κ1) is 14.1. The predicted octanol–water partition coefficient (Wildman–Crippen LogP) is 2.89. The van der Waals surface area contributed by atoms with Gasteiger partial charge in [-0.2, -0.15) is 0 Å². The van der Waals surface area contributed by atoms with Crippen LogP contribution in [-0.2, 0) is 13.6 Å². The summed E-state index contributed by atoms with van der Waals surface area (Å²) in [6.45, 7) is 2.84. The molecule has 5 heteroatoms. The van der Waals surface area contributed by atoms with Crippen LogP contribution in [0.1, 0.15) is 11.5 Å². The van der Waals surface area contributed by atoms with Crippen LogP contribution in [0.2, 0.25) is 0 Å². The van der Waals surface area contributed by atoms with Gasteiger partial charge in [0.25, 0.3) is 0 Å². The molecule has 102 valence electrons. The summed E-state index contributed by atoms with van der Waals surface area (Å²) in [4.78, 5) is 4.70. The highest BCUT2D eigenvalue weighted by molar-refractivity contribution is 9.10. The molecule has 0 bridgehead atoms. The summed E-state index contributed by atoms with van der Waals surface area (Å²) in [6.07, 6.45) is 0. The number of ether oxygens (including phenoxy) is 1. The first-order chi connectivity index (χ1) is 9.08. The SMILES string of the molecule is CNCc1nc(-c2ccc(OC)c(Br)c2)c(C)n1C. The Labute approximate surface area is 121 Å². The topological polar surface area (TPSA) is 39.1 Å². The molecule has 1 aromatic heterocycles. The Morgan fingerprint density at radius 1 is 1.42 bits per heavy atom. The Bertz CT molecular complexity index is 593. The van der Waals surface area contributed by atoms with Crippen LogP contribution < -0.4 is 10.1 Å². The number of hydrogen-bond acceptors (Lipinski definition) is 3. The Balaban J connectivity index is 2.47. The Hall–Kier alpha value is -1.33. The summed E-state index contributed by atoms with van der Waals surface area (Å²) in [5.41, 5.74) is 3.25. The monoisotopic (exact) mass is 323 g/mol. The molecule has 0 atom stereocenters. The number of rotatable bonds is 4. The number of imidazole rings is 1. The van der Waals surface area contributed by atoms with E-state index < -0.39 is 0 Å². The summed E-state index contributed by atoms with van der Waals surface area (Å²) in [5.74, 6) is 1.86. The van der Waals surface area contributed by atoms with Crippen LogP contribution in [0.15, 0.2) is 22.7 Å². The van der Waals surface area contributed by atoms with Crippen LogP contribution in [0.3, 0.4) is 0 Å². The molecule has 1 N–H and O–H groups in total. The van der Waals surface area contributed by atoms with Crippen molar-refractivity contribution in [2.75, 3.05) is 14.2 Å². The second-order valence-electron chi connectivity index (χ2n) is 4.40. The normalized spacial score (nSPS) is 10.8. The summed E-state index contributed by atoms with van der Waals surface area (Å²) < 4.78 is 8.30. The van der Waals surface area contributed by atoms with E-state index in [2.05, 4.69) is 32.7 Å². The standard InChI is InChI=1S/C14H18BrN3O/c1-9-14(17-13(8-16-2)18(9)3)10-5-6-12(19-4)11(15)7-10/h5-7,16H,8H2,1-4H3. The van der Waals surface area contributed by atoms with Crippen molar-refractivity contribution < 1.29 is 4.74 Å². The molecule has 1 heterocycles. The van der Waals surface area contributed by atoms with Gasteiger partial charge >= 0.3 is 0 Å². The Kier molecular flexibility index (Phi) is 4.27. The summed E-state index contributed by atoms with van der Waals surface area (Å²) in [6, 6.07) is 6.02. The summed E-state index contributed by atoms with van der Waals surface area (Å²) in [7, 11) is 5.63. The average Bonchev–Trinajstić information content (AvgIpc) is 2.67. The third kappa shape index (κ3) is 2.67. The van der Waals surface area contributed by atoms with Crippen molar-refractivity contribution in [3.63, 3.8) is 0 Å². The fourth-order valence-electron chi connectivity index (χ4n) is 2.04. The maximum atomic E-state index is 5.25. The zero-order valence-corrected chi connectivity index (χ0v) is 13.2. The van der Waals surface area contributed by atoms with Crippen LogP contribution in [0, 0.1) is 6.92 Å². The van der Waals surface area contributed by atoms with Crippen LogP contribution in [0.4, 0.5) is 0 Å². The maximum absolute atomic E-state index is 5.25. The average molecular weight is 324 g/mol. The number of nitrogens with one attached hydrogen (secondary N) is 1. The van der Waals surface area contributed by atoms with E-state index in [1.54, 1.807) is 7.11 Å². The quantitative estimate of drug-likeness (QED) is 0.940. The van der Waals surface area contributed by atoms with Crippen LogP contribution in [0.25, 0.3) is 11.3 Å². The number of halogens is 1. The highest BCUT2D eigenvalue weighted by Crippen LogP contribution is 2.31. The molecule has 0 spiro atoms. The van der Waals surface area contributed by atoms with E-state index in [4.69, 9.17) is 9.72 Å². The summed E-state index contributed by atoms with van der Waals surface area (Å²) >= 11 is 3.51. The van der Waals surface area contributed by atoms with Gasteiger partial charge in [-0.25, -0.2) is 4.98 Å². The first-order valence-corrected chi connectivity index (χ1v) is 6.88. The van der Waals surface area contributed by atoms with Crippen molar-refractivity contribution in [2.45, 2.75) is 13.5 Å². The smallest absolute Gasteiger partial charge is 0.133 e. The molecule has 2 rings (SSSR count). The second kappa shape index (κ2) is 5.75. The van der Waals surface area contributed by atoms with Crippen molar-refractivity contribution in [1.82, 2.24) is 14.9 Å². The van der Waals surface area contributed by atoms with Crippen molar-refractivity contribution in [1.29, 1.82) is 0 Å². The van der Waals surface area contributed by atoms with Crippen molar-refractivity contribution >= 4 is 15.9 Å². The molecular formula is C14H18BrN3O. The van der Waals surface area contributed by atoms with Crippen molar-refractivity contribution in [3.8, 4) is 17.0 Å². The fraction of sp³-hybridized carbons (Fsp3) is 0.357. The molecule has 4 nitrogen and oxygen atoms in total. The highest BCUT2D eigenvalue weighted by atomic mass is 79.9. The van der Waals surface area contributed by atoms with Gasteiger partial charge in [-0.05, 0) is 48.1 Å². The number of nitrogens with zero attached hydrogens (tertiary/aromatic N) is 2. The van der Waals surface area contributed by atoms with E-state index in [0.717, 1.165) is 39.5 Å². The molecule has 2 aromatic rings. The molecule has 0 aliphatic heterocycles. The lowest BCUT2D eigenvalue weighted by molar-refractivity contribution is 0.412. The van der Waals surface area contributed by atoms with Gasteiger partial charge in [0.1, 0.15) is 11.6 Å². The molecule has 0 amide bonds. The zero-order valence-electron chi connectivity index (χ0n) is 11.6. The molecular weight excluding hydrogens is 306 g/mol. The van der Waals surface area contributed by atoms with Gasteiger partial charge in [0, 0.05) is 18.3 Å². The van der Waals surface area contributed by atoms with Crippen LogP contribution in [0.5, 0.6) is 5.75 Å². The molecule has 0 saturated carbocycles. The number of benzene rings is 1. The van der Waals surface area contributed by atoms with Gasteiger partial charge < -0.3 is 14.6 Å². The molecule has 0 aliphatic carbocycles. The first-order valence-electron chi connectivity index (χ1n) is 6.09. The van der Waals surface area contributed by atoms with Gasteiger partial charge in [0.05, 0.1) is 23.8 Å². The predicted molar refractivity (Wildman–Crippen MR) is 80.4 cm³/mol. The fourth-order valence-corrected chi connectivity index (χ4v) is 2.58. The maximum Gasteiger partial charge on any atom is 0.133 e. The minimum absolute atomic E-state index is 0.759. The van der Waals surface area contributed by atoms with E-state index in [-0.39, 0.29) is 0 Å². The Morgan fingerprint density at radius 2 is 2.16 bits per heavy atom. The number of hydrogen-bond donors (Lipinski definition) is 1. The lowest BCUT2D eigenvalue weighted by Crippen LogP contribution is -2.10. The molecule has 0 unspecified atom stereocenters. The second-order valence-corrected chi connectivity index (χ2v) is 5.26. The highest BCUT2D eigenvalue weighted by Gasteiger charge is 2.13. The number of aromatic nitrogens is 2. The minimum atomic E-state index is 0.759. The zero-order chi connectivity index (χ0) is 14.0. The van der Waals surface area contributed by atoms with Crippen molar-refractivity contribution in [3.05, 3.63) is 34.2 Å². The van der Waals surface area contributed by atoms with E-state index in [0.29, 0.717) is 0 Å². The largest absolute Gasteiger partial charge is 0.496 e. The molecule has 0 aliphatic rings. The molecule has 0 radical (unpaired) electrons. The third-order valence-electron chi connectivity index (χ3n) is 3.23. The van der Waals surface area contributed by atoms with E-state index in [1.165, 1.54) is 0 Å². The molecule has 19 heavy (non-hydrogen) atoms. The van der Waals surface area contributed by atoms with Crippen LogP contribution in [-0.4, -0.2) is 23.7 Å². The van der Waals surface area contributed by atoms with Gasteiger partial charge in [0.15, 0.2) is 0 Å². The van der Waals surface area contributed by atoms with Gasteiger partial charge in [-0.1, -0.05) is 0 Å². The number of methoxy groups -OCH3 is 1. The van der Waals surface area contributed by atoms with Gasteiger partial charge in [-0.3, -0.25) is 0 Å². The molecule has 0 saturated heterocycles. The summed E-state index contributed by atoms with van der Waals surface area (Å²) in [5, 5.41) is 3.13. The van der Waals surface area contributed by atoms with E-state index >= 15 is 0 Å². The van der Waals surface area contributed by atoms with E-state index in [9.17, 15) is 0 Å². The molecule has 1 aromatic carbocycles. The third-order valence-corrected chi connectivity index (χ3v) is 3.85. The molecule has 0 fully saturated rings. The van der Waals surface area contributed by atoms with E-state index in [1.807, 2.05) is 32.3 Å². The van der Waals surface area contributed by atoms with Gasteiger partial charge in [0.2, 0.25) is 0 Å². The van der Waals surface area contributed by atoms with Crippen molar-refractivity contribution in [2.24, 2.45) is 7.05 Å². The minimum Gasteiger partial charge on any atom is -0.496 e. The lowest BCUT2D eigenvalue weighted by Gasteiger charge is -2.05. The van der Waals surface area contributed by atoms with Crippen LogP contribution >= 0.6 is 15.9 Å².